The number of hydrogen-bond acceptors (Lipinski definition) is 2. The Labute approximate surface area is 111 Å². The molecular weight excluding hydrogens is 238 g/mol. The molecule has 0 spiro atoms. The van der Waals surface area contributed by atoms with Gasteiger partial charge in [0.25, 0.3) is 0 Å². The van der Waals surface area contributed by atoms with Crippen LogP contribution in [0.2, 0.25) is 0 Å². The number of carbonyl (C=O) groups is 1. The van der Waals surface area contributed by atoms with Crippen molar-refractivity contribution in [3.8, 4) is 11.3 Å². The number of carbonyl (C=O) groups excluding carboxylic acids is 1. The predicted octanol–water partition coefficient (Wildman–Crippen LogP) is 3.07. The minimum Gasteiger partial charge on any atom is -0.321 e. The third-order valence-electron chi connectivity index (χ3n) is 3.62. The van der Waals surface area contributed by atoms with Crippen LogP contribution < -0.4 is 0 Å². The zero-order valence-electron chi connectivity index (χ0n) is 11.2. The van der Waals surface area contributed by atoms with Crippen molar-refractivity contribution < 1.29 is 4.79 Å². The SMILES string of the molecule is Cc1ccc(-c2cn3c(C)c(C=O)[nH]c3n2)cc1C. The summed E-state index contributed by atoms with van der Waals surface area (Å²) >= 11 is 0. The van der Waals surface area contributed by atoms with Crippen molar-refractivity contribution in [3.63, 3.8) is 0 Å². The first kappa shape index (κ1) is 11.7. The smallest absolute Gasteiger partial charge is 0.212 e. The standard InChI is InChI=1S/C15H15N3O/c1-9-4-5-12(6-10(9)2)13-7-18-11(3)14(8-19)17-15(18)16-13/h4-8H,1-3H3,(H,16,17). The van der Waals surface area contributed by atoms with Gasteiger partial charge in [-0.1, -0.05) is 12.1 Å². The Kier molecular flexibility index (Phi) is 2.52. The van der Waals surface area contributed by atoms with E-state index in [1.807, 2.05) is 17.5 Å². The van der Waals surface area contributed by atoms with Crippen molar-refractivity contribution in [2.75, 3.05) is 0 Å². The van der Waals surface area contributed by atoms with Crippen molar-refractivity contribution in [2.45, 2.75) is 20.8 Å². The summed E-state index contributed by atoms with van der Waals surface area (Å²) < 4.78 is 1.91. The van der Waals surface area contributed by atoms with Crippen molar-refractivity contribution in [1.29, 1.82) is 0 Å². The fourth-order valence-electron chi connectivity index (χ4n) is 2.22. The molecule has 0 saturated heterocycles. The van der Waals surface area contributed by atoms with E-state index in [2.05, 4.69) is 42.0 Å². The lowest BCUT2D eigenvalue weighted by molar-refractivity contribution is 0.111. The molecule has 2 aromatic heterocycles. The molecule has 19 heavy (non-hydrogen) atoms. The molecule has 4 heteroatoms. The van der Waals surface area contributed by atoms with Gasteiger partial charge in [-0.3, -0.25) is 9.20 Å². The number of nitrogens with one attached hydrogen (secondary N) is 1. The lowest BCUT2D eigenvalue weighted by atomic mass is 10.0. The molecule has 96 valence electrons. The maximum absolute atomic E-state index is 10.9. The van der Waals surface area contributed by atoms with E-state index in [0.29, 0.717) is 11.5 Å². The second-order valence-electron chi connectivity index (χ2n) is 4.86. The molecule has 3 rings (SSSR count). The van der Waals surface area contributed by atoms with Crippen molar-refractivity contribution in [1.82, 2.24) is 14.4 Å². The summed E-state index contributed by atoms with van der Waals surface area (Å²) in [6, 6.07) is 6.30. The van der Waals surface area contributed by atoms with Gasteiger partial charge in [0.1, 0.15) is 5.69 Å². The number of nitrogens with zero attached hydrogens (tertiary/aromatic N) is 2. The first-order valence-electron chi connectivity index (χ1n) is 6.20. The summed E-state index contributed by atoms with van der Waals surface area (Å²) in [6.07, 6.45) is 2.78. The number of H-pyrrole nitrogens is 1. The van der Waals surface area contributed by atoms with E-state index in [4.69, 9.17) is 0 Å². The van der Waals surface area contributed by atoms with E-state index in [0.717, 1.165) is 23.2 Å². The first-order chi connectivity index (χ1) is 9.10. The van der Waals surface area contributed by atoms with Gasteiger partial charge in [-0.25, -0.2) is 4.98 Å². The molecule has 0 amide bonds. The minimum atomic E-state index is 0.578. The van der Waals surface area contributed by atoms with Crippen LogP contribution >= 0.6 is 0 Å². The minimum absolute atomic E-state index is 0.578. The molecule has 0 aliphatic carbocycles. The molecule has 1 N–H and O–H groups in total. The number of benzene rings is 1. The van der Waals surface area contributed by atoms with Gasteiger partial charge in [-0.15, -0.1) is 0 Å². The number of aromatic nitrogens is 3. The lowest BCUT2D eigenvalue weighted by Gasteiger charge is -2.02. The number of fused-ring (bicyclic) bond motifs is 1. The van der Waals surface area contributed by atoms with Crippen LogP contribution in [0.4, 0.5) is 0 Å². The number of imidazole rings is 2. The van der Waals surface area contributed by atoms with Crippen LogP contribution in [0.15, 0.2) is 24.4 Å². The number of hydrogen-bond donors (Lipinski definition) is 1. The zero-order valence-corrected chi connectivity index (χ0v) is 11.2. The third-order valence-corrected chi connectivity index (χ3v) is 3.62. The topological polar surface area (TPSA) is 50.2 Å². The summed E-state index contributed by atoms with van der Waals surface area (Å²) in [4.78, 5) is 18.4. The van der Waals surface area contributed by atoms with Gasteiger partial charge in [0.2, 0.25) is 5.78 Å². The molecule has 0 atom stereocenters. The van der Waals surface area contributed by atoms with Gasteiger partial charge >= 0.3 is 0 Å². The molecule has 3 aromatic rings. The van der Waals surface area contributed by atoms with E-state index in [1.54, 1.807) is 0 Å². The molecule has 0 bridgehead atoms. The van der Waals surface area contributed by atoms with Gasteiger partial charge in [0, 0.05) is 17.5 Å². The monoisotopic (exact) mass is 253 g/mol. The maximum atomic E-state index is 10.9. The van der Waals surface area contributed by atoms with Gasteiger partial charge in [0.05, 0.1) is 5.69 Å². The molecule has 0 saturated carbocycles. The Hall–Kier alpha value is -2.36. The Bertz CT molecular complexity index is 780. The van der Waals surface area contributed by atoms with E-state index in [9.17, 15) is 4.79 Å². The number of aryl methyl sites for hydroxylation is 3. The highest BCUT2D eigenvalue weighted by Gasteiger charge is 2.11. The first-order valence-corrected chi connectivity index (χ1v) is 6.20. The van der Waals surface area contributed by atoms with Crippen LogP contribution in [0.3, 0.4) is 0 Å². The summed E-state index contributed by atoms with van der Waals surface area (Å²) in [5.41, 5.74) is 5.98. The van der Waals surface area contributed by atoms with Crippen LogP contribution in [-0.2, 0) is 0 Å². The molecule has 0 radical (unpaired) electrons. The highest BCUT2D eigenvalue weighted by Crippen LogP contribution is 2.23. The zero-order chi connectivity index (χ0) is 13.6. The molecule has 0 aliphatic heterocycles. The third kappa shape index (κ3) is 1.76. The summed E-state index contributed by atoms with van der Waals surface area (Å²) in [7, 11) is 0. The molecule has 0 unspecified atom stereocenters. The average Bonchev–Trinajstić information content (AvgIpc) is 2.93. The molecule has 2 heterocycles. The molecule has 1 aromatic carbocycles. The number of aromatic amines is 1. The fraction of sp³-hybridized carbons (Fsp3) is 0.200. The van der Waals surface area contributed by atoms with Gasteiger partial charge in [-0.2, -0.15) is 0 Å². The van der Waals surface area contributed by atoms with Crippen molar-refractivity contribution in [2.24, 2.45) is 0 Å². The molecule has 4 nitrogen and oxygen atoms in total. The van der Waals surface area contributed by atoms with E-state index < -0.39 is 0 Å². The maximum Gasteiger partial charge on any atom is 0.212 e. The second kappa shape index (κ2) is 4.09. The normalized spacial score (nSPS) is 11.1. The van der Waals surface area contributed by atoms with Crippen LogP contribution in [-0.4, -0.2) is 20.7 Å². The Balaban J connectivity index is 2.15. The van der Waals surface area contributed by atoms with Gasteiger partial charge in [-0.05, 0) is 38.0 Å². The highest BCUT2D eigenvalue weighted by molar-refractivity contribution is 5.76. The Morgan fingerprint density at radius 3 is 2.63 bits per heavy atom. The van der Waals surface area contributed by atoms with Crippen LogP contribution in [0.1, 0.15) is 27.3 Å². The predicted molar refractivity (Wildman–Crippen MR) is 74.6 cm³/mol. The summed E-state index contributed by atoms with van der Waals surface area (Å²) in [5.74, 6) is 0.702. The highest BCUT2D eigenvalue weighted by atomic mass is 16.1. The fourth-order valence-corrected chi connectivity index (χ4v) is 2.22. The van der Waals surface area contributed by atoms with Crippen molar-refractivity contribution in [3.05, 3.63) is 46.9 Å². The van der Waals surface area contributed by atoms with Crippen molar-refractivity contribution >= 4 is 12.1 Å². The second-order valence-corrected chi connectivity index (χ2v) is 4.86. The van der Waals surface area contributed by atoms with E-state index >= 15 is 0 Å². The number of aldehydes is 1. The molecule has 0 fully saturated rings. The van der Waals surface area contributed by atoms with E-state index in [1.165, 1.54) is 11.1 Å². The molecule has 0 aliphatic rings. The van der Waals surface area contributed by atoms with Crippen LogP contribution in [0, 0.1) is 20.8 Å². The van der Waals surface area contributed by atoms with Gasteiger partial charge < -0.3 is 4.98 Å². The summed E-state index contributed by atoms with van der Waals surface area (Å²) in [6.45, 7) is 6.09. The number of rotatable bonds is 2. The largest absolute Gasteiger partial charge is 0.321 e. The van der Waals surface area contributed by atoms with Crippen LogP contribution in [0.25, 0.3) is 17.0 Å². The Morgan fingerprint density at radius 2 is 2.00 bits per heavy atom. The quantitative estimate of drug-likeness (QED) is 0.713. The molecular formula is C15H15N3O. The average molecular weight is 253 g/mol. The van der Waals surface area contributed by atoms with E-state index in [-0.39, 0.29) is 0 Å². The summed E-state index contributed by atoms with van der Waals surface area (Å²) in [5, 5.41) is 0. The van der Waals surface area contributed by atoms with Gasteiger partial charge in [0.15, 0.2) is 6.29 Å². The Morgan fingerprint density at radius 1 is 1.21 bits per heavy atom. The lowest BCUT2D eigenvalue weighted by Crippen LogP contribution is -1.87. The van der Waals surface area contributed by atoms with Crippen LogP contribution in [0.5, 0.6) is 0 Å².